The number of nitrogens with zero attached hydrogens (tertiary/aromatic N) is 2. The summed E-state index contributed by atoms with van der Waals surface area (Å²) in [4.78, 5) is 12.1. The standard InChI is InChI=1S/C14H17ClN4O/c1-2-19-13(12(16)9-18-19)14(20)17-8-7-10-3-5-11(15)6-4-10/h3-6,9H,2,7-8,16H2,1H3,(H,17,20). The number of hydrogen-bond donors (Lipinski definition) is 2. The fourth-order valence-electron chi connectivity index (χ4n) is 1.94. The molecule has 0 atom stereocenters. The number of nitrogens with two attached hydrogens (primary N) is 1. The molecule has 0 saturated heterocycles. The Morgan fingerprint density at radius 2 is 2.10 bits per heavy atom. The summed E-state index contributed by atoms with van der Waals surface area (Å²) in [6, 6.07) is 7.56. The van der Waals surface area contributed by atoms with E-state index in [9.17, 15) is 4.79 Å². The molecule has 3 N–H and O–H groups in total. The molecule has 0 saturated carbocycles. The Hall–Kier alpha value is -2.01. The van der Waals surface area contributed by atoms with Crippen molar-refractivity contribution < 1.29 is 4.79 Å². The Morgan fingerprint density at radius 3 is 2.75 bits per heavy atom. The van der Waals surface area contributed by atoms with Crippen molar-refractivity contribution in [2.24, 2.45) is 0 Å². The first-order valence-electron chi connectivity index (χ1n) is 6.45. The zero-order chi connectivity index (χ0) is 14.5. The van der Waals surface area contributed by atoms with Crippen LogP contribution in [0.3, 0.4) is 0 Å². The summed E-state index contributed by atoms with van der Waals surface area (Å²) in [6.07, 6.45) is 2.24. The molecule has 2 rings (SSSR count). The van der Waals surface area contributed by atoms with Crippen LogP contribution in [0.2, 0.25) is 5.02 Å². The van der Waals surface area contributed by atoms with Crippen molar-refractivity contribution in [3.63, 3.8) is 0 Å². The first kappa shape index (κ1) is 14.4. The number of rotatable bonds is 5. The van der Waals surface area contributed by atoms with E-state index < -0.39 is 0 Å². The molecule has 1 heterocycles. The molecular weight excluding hydrogens is 276 g/mol. The van der Waals surface area contributed by atoms with Crippen LogP contribution in [0, 0.1) is 0 Å². The van der Waals surface area contributed by atoms with E-state index in [4.69, 9.17) is 17.3 Å². The van der Waals surface area contributed by atoms with E-state index >= 15 is 0 Å². The van der Waals surface area contributed by atoms with E-state index in [1.54, 1.807) is 4.68 Å². The molecule has 0 radical (unpaired) electrons. The Bertz CT molecular complexity index is 592. The molecule has 6 heteroatoms. The van der Waals surface area contributed by atoms with Gasteiger partial charge in [-0.3, -0.25) is 9.48 Å². The van der Waals surface area contributed by atoms with Crippen LogP contribution in [0.5, 0.6) is 0 Å². The molecule has 0 aliphatic heterocycles. The minimum absolute atomic E-state index is 0.198. The minimum Gasteiger partial charge on any atom is -0.396 e. The van der Waals surface area contributed by atoms with Gasteiger partial charge in [0.25, 0.3) is 5.91 Å². The van der Waals surface area contributed by atoms with Crippen molar-refractivity contribution in [3.8, 4) is 0 Å². The fourth-order valence-corrected chi connectivity index (χ4v) is 2.07. The summed E-state index contributed by atoms with van der Waals surface area (Å²) in [5.41, 5.74) is 7.69. The van der Waals surface area contributed by atoms with Crippen LogP contribution in [-0.2, 0) is 13.0 Å². The molecular formula is C14H17ClN4O. The summed E-state index contributed by atoms with van der Waals surface area (Å²) >= 11 is 5.82. The second-order valence-corrected chi connectivity index (χ2v) is 4.83. The molecule has 1 amide bonds. The lowest BCUT2D eigenvalue weighted by Crippen LogP contribution is -2.28. The van der Waals surface area contributed by atoms with Gasteiger partial charge >= 0.3 is 0 Å². The molecule has 0 aliphatic carbocycles. The second kappa shape index (κ2) is 6.43. The number of nitrogen functional groups attached to an aromatic ring is 1. The third-order valence-corrected chi connectivity index (χ3v) is 3.25. The van der Waals surface area contributed by atoms with Crippen molar-refractivity contribution in [1.29, 1.82) is 0 Å². The lowest BCUT2D eigenvalue weighted by atomic mass is 10.1. The third-order valence-electron chi connectivity index (χ3n) is 2.99. The molecule has 2 aromatic rings. The van der Waals surface area contributed by atoms with Gasteiger partial charge in [0.1, 0.15) is 5.69 Å². The van der Waals surface area contributed by atoms with Crippen molar-refractivity contribution in [3.05, 3.63) is 46.7 Å². The largest absolute Gasteiger partial charge is 0.396 e. The van der Waals surface area contributed by atoms with Crippen molar-refractivity contribution in [1.82, 2.24) is 15.1 Å². The highest BCUT2D eigenvalue weighted by atomic mass is 35.5. The number of amides is 1. The molecule has 0 spiro atoms. The average Bonchev–Trinajstić information content (AvgIpc) is 2.82. The van der Waals surface area contributed by atoms with Crippen LogP contribution >= 0.6 is 11.6 Å². The predicted octanol–water partition coefficient (Wildman–Crippen LogP) is 2.11. The first-order valence-corrected chi connectivity index (χ1v) is 6.83. The molecule has 5 nitrogen and oxygen atoms in total. The molecule has 0 aliphatic rings. The maximum atomic E-state index is 12.1. The van der Waals surface area contributed by atoms with Crippen LogP contribution in [0.25, 0.3) is 0 Å². The highest BCUT2D eigenvalue weighted by Gasteiger charge is 2.15. The van der Waals surface area contributed by atoms with E-state index in [0.717, 1.165) is 12.0 Å². The van der Waals surface area contributed by atoms with Gasteiger partial charge < -0.3 is 11.1 Å². The van der Waals surface area contributed by atoms with Crippen LogP contribution < -0.4 is 11.1 Å². The molecule has 106 valence electrons. The third kappa shape index (κ3) is 3.30. The summed E-state index contributed by atoms with van der Waals surface area (Å²) in [5, 5.41) is 7.60. The highest BCUT2D eigenvalue weighted by molar-refractivity contribution is 6.30. The maximum absolute atomic E-state index is 12.1. The van der Waals surface area contributed by atoms with Gasteiger partial charge in [-0.2, -0.15) is 5.10 Å². The van der Waals surface area contributed by atoms with E-state index in [1.165, 1.54) is 6.20 Å². The van der Waals surface area contributed by atoms with Gasteiger partial charge in [0.2, 0.25) is 0 Å². The summed E-state index contributed by atoms with van der Waals surface area (Å²) < 4.78 is 1.59. The maximum Gasteiger partial charge on any atom is 0.271 e. The number of benzene rings is 1. The monoisotopic (exact) mass is 292 g/mol. The Morgan fingerprint density at radius 1 is 1.40 bits per heavy atom. The van der Waals surface area contributed by atoms with Crippen LogP contribution in [0.15, 0.2) is 30.5 Å². The van der Waals surface area contributed by atoms with Gasteiger partial charge in [0.05, 0.1) is 11.9 Å². The lowest BCUT2D eigenvalue weighted by Gasteiger charge is -2.08. The smallest absolute Gasteiger partial charge is 0.271 e. The van der Waals surface area contributed by atoms with Crippen LogP contribution in [-0.4, -0.2) is 22.2 Å². The summed E-state index contributed by atoms with van der Waals surface area (Å²) in [6.45, 7) is 3.06. The van der Waals surface area contributed by atoms with Crippen molar-refractivity contribution >= 4 is 23.2 Å². The van der Waals surface area contributed by atoms with E-state index in [-0.39, 0.29) is 5.91 Å². The van der Waals surface area contributed by atoms with Crippen LogP contribution in [0.1, 0.15) is 23.0 Å². The van der Waals surface area contributed by atoms with Gasteiger partial charge in [-0.1, -0.05) is 23.7 Å². The zero-order valence-electron chi connectivity index (χ0n) is 11.3. The Kier molecular flexibility index (Phi) is 4.63. The zero-order valence-corrected chi connectivity index (χ0v) is 12.0. The van der Waals surface area contributed by atoms with Crippen molar-refractivity contribution in [2.75, 3.05) is 12.3 Å². The number of hydrogen-bond acceptors (Lipinski definition) is 3. The van der Waals surface area contributed by atoms with Gasteiger partial charge in [-0.05, 0) is 31.0 Å². The Labute approximate surface area is 122 Å². The molecule has 0 unspecified atom stereocenters. The number of anilines is 1. The SMILES string of the molecule is CCn1ncc(N)c1C(=O)NCCc1ccc(Cl)cc1. The first-order chi connectivity index (χ1) is 9.61. The number of carbonyl (C=O) groups is 1. The van der Waals surface area contributed by atoms with E-state index in [2.05, 4.69) is 10.4 Å². The fraction of sp³-hybridized carbons (Fsp3) is 0.286. The Balaban J connectivity index is 1.92. The molecule has 1 aromatic carbocycles. The van der Waals surface area contributed by atoms with Gasteiger partial charge in [-0.25, -0.2) is 0 Å². The van der Waals surface area contributed by atoms with E-state index in [0.29, 0.717) is 29.5 Å². The number of nitrogens with one attached hydrogen (secondary N) is 1. The molecule has 20 heavy (non-hydrogen) atoms. The number of aromatic nitrogens is 2. The quantitative estimate of drug-likeness (QED) is 0.886. The number of carbonyl (C=O) groups excluding carboxylic acids is 1. The van der Waals surface area contributed by atoms with Gasteiger partial charge in [-0.15, -0.1) is 0 Å². The predicted molar refractivity (Wildman–Crippen MR) is 79.8 cm³/mol. The topological polar surface area (TPSA) is 72.9 Å². The summed E-state index contributed by atoms with van der Waals surface area (Å²) in [5.74, 6) is -0.198. The normalized spacial score (nSPS) is 10.5. The van der Waals surface area contributed by atoms with Gasteiger partial charge in [0.15, 0.2) is 0 Å². The minimum atomic E-state index is -0.198. The average molecular weight is 293 g/mol. The van der Waals surface area contributed by atoms with E-state index in [1.807, 2.05) is 31.2 Å². The lowest BCUT2D eigenvalue weighted by molar-refractivity contribution is 0.0944. The van der Waals surface area contributed by atoms with Gasteiger partial charge in [0, 0.05) is 18.1 Å². The number of aryl methyl sites for hydroxylation is 1. The highest BCUT2D eigenvalue weighted by Crippen LogP contribution is 2.11. The van der Waals surface area contributed by atoms with Crippen LogP contribution in [0.4, 0.5) is 5.69 Å². The molecule has 1 aromatic heterocycles. The van der Waals surface area contributed by atoms with Crippen molar-refractivity contribution in [2.45, 2.75) is 19.9 Å². The molecule has 0 fully saturated rings. The molecule has 0 bridgehead atoms. The number of halogens is 1. The second-order valence-electron chi connectivity index (χ2n) is 4.40. The summed E-state index contributed by atoms with van der Waals surface area (Å²) in [7, 11) is 0.